The summed E-state index contributed by atoms with van der Waals surface area (Å²) in [5, 5.41) is 0. The van der Waals surface area contributed by atoms with Crippen LogP contribution in [0.5, 0.6) is 0 Å². The van der Waals surface area contributed by atoms with Crippen LogP contribution in [0.2, 0.25) is 0 Å². The molecule has 0 saturated heterocycles. The molecule has 0 bridgehead atoms. The van der Waals surface area contributed by atoms with Crippen molar-refractivity contribution in [3.63, 3.8) is 0 Å². The molecule has 0 saturated carbocycles. The molecule has 0 fully saturated rings. The predicted molar refractivity (Wildman–Crippen MR) is 76.1 cm³/mol. The van der Waals surface area contributed by atoms with Gasteiger partial charge in [-0.1, -0.05) is 12.1 Å². The molecule has 2 rings (SSSR count). The number of nitrogens with one attached hydrogen (secondary N) is 1. The fourth-order valence-electron chi connectivity index (χ4n) is 1.56. The molecule has 0 heterocycles. The van der Waals surface area contributed by atoms with Crippen molar-refractivity contribution in [2.45, 2.75) is 11.8 Å². The summed E-state index contributed by atoms with van der Waals surface area (Å²) in [4.78, 5) is 0.174. The molecule has 0 spiro atoms. The lowest BCUT2D eigenvalue weighted by Gasteiger charge is -2.09. The molecule has 0 radical (unpaired) electrons. The molecule has 2 aromatic rings. The van der Waals surface area contributed by atoms with E-state index in [9.17, 15) is 12.8 Å². The number of hydrogen-bond donors (Lipinski definition) is 1. The van der Waals surface area contributed by atoms with Crippen LogP contribution in [0, 0.1) is 12.7 Å². The smallest absolute Gasteiger partial charge is 0.261 e. The van der Waals surface area contributed by atoms with Gasteiger partial charge in [-0.15, -0.1) is 0 Å². The van der Waals surface area contributed by atoms with Crippen molar-refractivity contribution in [2.24, 2.45) is 0 Å². The van der Waals surface area contributed by atoms with Gasteiger partial charge in [0, 0.05) is 0 Å². The Labute approximate surface area is 119 Å². The maximum absolute atomic E-state index is 13.1. The van der Waals surface area contributed by atoms with E-state index in [1.165, 1.54) is 24.3 Å². The van der Waals surface area contributed by atoms with Crippen molar-refractivity contribution in [3.8, 4) is 0 Å². The van der Waals surface area contributed by atoms with Crippen molar-refractivity contribution in [1.29, 1.82) is 0 Å². The molecule has 3 nitrogen and oxygen atoms in total. The fraction of sp³-hybridized carbons (Fsp3) is 0.0769. The molecule has 0 aromatic heterocycles. The summed E-state index contributed by atoms with van der Waals surface area (Å²) in [5.41, 5.74) is 1.15. The predicted octanol–water partition coefficient (Wildman–Crippen LogP) is 3.70. The molecule has 0 amide bonds. The van der Waals surface area contributed by atoms with Gasteiger partial charge in [-0.25, -0.2) is 12.8 Å². The number of halogens is 2. The van der Waals surface area contributed by atoms with Gasteiger partial charge in [0.25, 0.3) is 10.0 Å². The highest BCUT2D eigenvalue weighted by Crippen LogP contribution is 2.22. The van der Waals surface area contributed by atoms with Crippen molar-refractivity contribution >= 4 is 31.6 Å². The van der Waals surface area contributed by atoms with Crippen LogP contribution >= 0.6 is 15.9 Å². The first-order chi connectivity index (χ1) is 8.88. The van der Waals surface area contributed by atoms with E-state index in [-0.39, 0.29) is 9.37 Å². The number of anilines is 1. The van der Waals surface area contributed by atoms with Gasteiger partial charge in [0.15, 0.2) is 0 Å². The normalized spacial score (nSPS) is 11.3. The maximum atomic E-state index is 13.1. The van der Waals surface area contributed by atoms with Crippen LogP contribution < -0.4 is 4.72 Å². The second kappa shape index (κ2) is 5.30. The number of rotatable bonds is 3. The van der Waals surface area contributed by atoms with Crippen LogP contribution in [0.1, 0.15) is 5.56 Å². The van der Waals surface area contributed by atoms with Gasteiger partial charge in [-0.2, -0.15) is 0 Å². The minimum absolute atomic E-state index is 0.174. The summed E-state index contributed by atoms with van der Waals surface area (Å²) in [7, 11) is -3.66. The maximum Gasteiger partial charge on any atom is 0.261 e. The van der Waals surface area contributed by atoms with Gasteiger partial charge in [-0.3, -0.25) is 4.72 Å². The molecule has 0 aliphatic rings. The Bertz CT molecular complexity index is 716. The molecule has 0 aliphatic carbocycles. The Morgan fingerprint density at radius 1 is 1.16 bits per heavy atom. The van der Waals surface area contributed by atoms with E-state index in [2.05, 4.69) is 20.7 Å². The molecule has 2 aromatic carbocycles. The summed E-state index contributed by atoms with van der Waals surface area (Å²) in [6.45, 7) is 1.81. The highest BCUT2D eigenvalue weighted by molar-refractivity contribution is 9.10. The molecule has 0 atom stereocenters. The van der Waals surface area contributed by atoms with Crippen molar-refractivity contribution in [1.82, 2.24) is 0 Å². The molecule has 19 heavy (non-hydrogen) atoms. The quantitative estimate of drug-likeness (QED) is 0.923. The summed E-state index contributed by atoms with van der Waals surface area (Å²) in [5.74, 6) is -0.446. The van der Waals surface area contributed by atoms with E-state index in [1.807, 2.05) is 13.0 Å². The lowest BCUT2D eigenvalue weighted by atomic mass is 10.2. The topological polar surface area (TPSA) is 46.2 Å². The Morgan fingerprint density at radius 2 is 1.89 bits per heavy atom. The average molecular weight is 344 g/mol. The second-order valence-corrected chi connectivity index (χ2v) is 6.59. The third kappa shape index (κ3) is 3.33. The monoisotopic (exact) mass is 343 g/mol. The van der Waals surface area contributed by atoms with E-state index in [1.54, 1.807) is 12.1 Å². The van der Waals surface area contributed by atoms with Gasteiger partial charge in [0.1, 0.15) is 5.82 Å². The zero-order chi connectivity index (χ0) is 14.0. The molecule has 1 N–H and O–H groups in total. The summed E-state index contributed by atoms with van der Waals surface area (Å²) < 4.78 is 40.0. The van der Waals surface area contributed by atoms with Gasteiger partial charge < -0.3 is 0 Å². The zero-order valence-electron chi connectivity index (χ0n) is 10.0. The average Bonchev–Trinajstić information content (AvgIpc) is 2.33. The lowest BCUT2D eigenvalue weighted by Crippen LogP contribution is -2.13. The number of benzene rings is 2. The van der Waals surface area contributed by atoms with E-state index in [0.717, 1.165) is 5.56 Å². The second-order valence-electron chi connectivity index (χ2n) is 4.05. The van der Waals surface area contributed by atoms with Crippen molar-refractivity contribution in [2.75, 3.05) is 4.72 Å². The van der Waals surface area contributed by atoms with E-state index >= 15 is 0 Å². The van der Waals surface area contributed by atoms with Crippen LogP contribution in [-0.2, 0) is 10.0 Å². The molecule has 6 heteroatoms. The van der Waals surface area contributed by atoms with E-state index in [0.29, 0.717) is 5.69 Å². The highest BCUT2D eigenvalue weighted by Gasteiger charge is 2.14. The van der Waals surface area contributed by atoms with Crippen molar-refractivity contribution < 1.29 is 12.8 Å². The third-order valence-electron chi connectivity index (χ3n) is 2.47. The largest absolute Gasteiger partial charge is 0.280 e. The molecule has 0 aliphatic heterocycles. The minimum Gasteiger partial charge on any atom is -0.280 e. The van der Waals surface area contributed by atoms with E-state index in [4.69, 9.17) is 0 Å². The van der Waals surface area contributed by atoms with Crippen molar-refractivity contribution in [3.05, 3.63) is 58.3 Å². The molecular formula is C13H11BrFNO2S. The van der Waals surface area contributed by atoms with Gasteiger partial charge >= 0.3 is 0 Å². The van der Waals surface area contributed by atoms with Gasteiger partial charge in [0.05, 0.1) is 15.1 Å². The Kier molecular flexibility index (Phi) is 3.91. The van der Waals surface area contributed by atoms with Crippen LogP contribution in [0.4, 0.5) is 10.1 Å². The van der Waals surface area contributed by atoms with Crippen LogP contribution in [0.3, 0.4) is 0 Å². The molecule has 0 unspecified atom stereocenters. The van der Waals surface area contributed by atoms with Crippen LogP contribution in [0.25, 0.3) is 0 Å². The Balaban J connectivity index is 2.33. The SMILES string of the molecule is Cc1cccc(S(=O)(=O)Nc2ccc(F)c(Br)c2)c1. The zero-order valence-corrected chi connectivity index (χ0v) is 12.4. The summed E-state index contributed by atoms with van der Waals surface area (Å²) in [6, 6.07) is 10.5. The van der Waals surface area contributed by atoms with Gasteiger partial charge in [0.2, 0.25) is 0 Å². The summed E-state index contributed by atoms with van der Waals surface area (Å²) >= 11 is 3.01. The number of aryl methyl sites for hydroxylation is 1. The third-order valence-corrected chi connectivity index (χ3v) is 4.46. The van der Waals surface area contributed by atoms with Crippen LogP contribution in [0.15, 0.2) is 51.8 Å². The van der Waals surface area contributed by atoms with Gasteiger partial charge in [-0.05, 0) is 58.7 Å². The van der Waals surface area contributed by atoms with Crippen LogP contribution in [-0.4, -0.2) is 8.42 Å². The summed E-state index contributed by atoms with van der Waals surface area (Å²) in [6.07, 6.45) is 0. The first-order valence-corrected chi connectivity index (χ1v) is 7.71. The Morgan fingerprint density at radius 3 is 2.53 bits per heavy atom. The Hall–Kier alpha value is -1.40. The molecule has 100 valence electrons. The fourth-order valence-corrected chi connectivity index (χ4v) is 3.09. The molecular weight excluding hydrogens is 333 g/mol. The number of sulfonamides is 1. The minimum atomic E-state index is -3.66. The lowest BCUT2D eigenvalue weighted by molar-refractivity contribution is 0.600. The highest BCUT2D eigenvalue weighted by atomic mass is 79.9. The standard InChI is InChI=1S/C13H11BrFNO2S/c1-9-3-2-4-11(7-9)19(17,18)16-10-5-6-13(15)12(14)8-10/h2-8,16H,1H3. The first-order valence-electron chi connectivity index (χ1n) is 5.43. The first kappa shape index (κ1) is 14.0. The number of hydrogen-bond acceptors (Lipinski definition) is 2. The van der Waals surface area contributed by atoms with E-state index < -0.39 is 15.8 Å².